The van der Waals surface area contributed by atoms with Crippen LogP contribution in [0.1, 0.15) is 15.9 Å². The Morgan fingerprint density at radius 1 is 1.44 bits per heavy atom. The monoisotopic (exact) mass is 218 g/mol. The number of nitrogens with zero attached hydrogens (tertiary/aromatic N) is 2. The van der Waals surface area contributed by atoms with E-state index in [4.69, 9.17) is 5.26 Å². The van der Waals surface area contributed by atoms with Crippen LogP contribution in [0.2, 0.25) is 0 Å². The SMILES string of the molecule is Cc1cc(F)c2c(c1)C(=O)C(=O)N2CC#N. The van der Waals surface area contributed by atoms with Crippen molar-refractivity contribution in [2.24, 2.45) is 0 Å². The molecule has 0 atom stereocenters. The molecular weight excluding hydrogens is 211 g/mol. The van der Waals surface area contributed by atoms with E-state index >= 15 is 0 Å². The first kappa shape index (κ1) is 10.3. The van der Waals surface area contributed by atoms with Gasteiger partial charge in [0.05, 0.1) is 17.3 Å². The van der Waals surface area contributed by atoms with Gasteiger partial charge in [-0.3, -0.25) is 14.5 Å². The molecule has 0 saturated carbocycles. The van der Waals surface area contributed by atoms with Gasteiger partial charge in [-0.1, -0.05) is 0 Å². The Hall–Kier alpha value is -2.22. The highest BCUT2D eigenvalue weighted by Gasteiger charge is 2.38. The molecule has 1 amide bonds. The fraction of sp³-hybridized carbons (Fsp3) is 0.182. The Morgan fingerprint density at radius 3 is 2.75 bits per heavy atom. The largest absolute Gasteiger partial charge is 0.300 e. The molecule has 0 unspecified atom stereocenters. The number of anilines is 1. The number of nitriles is 1. The van der Waals surface area contributed by atoms with E-state index in [2.05, 4.69) is 0 Å². The number of hydrogen-bond acceptors (Lipinski definition) is 3. The lowest BCUT2D eigenvalue weighted by atomic mass is 10.1. The maximum absolute atomic E-state index is 13.6. The first-order chi connectivity index (χ1) is 7.56. The van der Waals surface area contributed by atoms with Crippen molar-refractivity contribution in [1.29, 1.82) is 5.26 Å². The first-order valence-corrected chi connectivity index (χ1v) is 4.59. The van der Waals surface area contributed by atoms with E-state index in [0.29, 0.717) is 5.56 Å². The summed E-state index contributed by atoms with van der Waals surface area (Å²) < 4.78 is 13.6. The van der Waals surface area contributed by atoms with Crippen LogP contribution >= 0.6 is 0 Å². The van der Waals surface area contributed by atoms with Crippen LogP contribution in [0.4, 0.5) is 10.1 Å². The summed E-state index contributed by atoms with van der Waals surface area (Å²) in [6.07, 6.45) is 0. The van der Waals surface area contributed by atoms with Gasteiger partial charge in [-0.2, -0.15) is 5.26 Å². The van der Waals surface area contributed by atoms with Crippen molar-refractivity contribution in [3.05, 3.63) is 29.1 Å². The van der Waals surface area contributed by atoms with Crippen LogP contribution in [0.25, 0.3) is 0 Å². The minimum absolute atomic E-state index is 0.0396. The van der Waals surface area contributed by atoms with Gasteiger partial charge < -0.3 is 0 Å². The van der Waals surface area contributed by atoms with Crippen LogP contribution in [0.15, 0.2) is 12.1 Å². The number of carbonyl (C=O) groups excluding carboxylic acids is 2. The molecule has 0 fully saturated rings. The standard InChI is InChI=1S/C11H7FN2O2/c1-6-4-7-9(8(12)5-6)14(3-2-13)11(16)10(7)15/h4-5H,3H2,1H3. The first-order valence-electron chi connectivity index (χ1n) is 4.59. The summed E-state index contributed by atoms with van der Waals surface area (Å²) in [6.45, 7) is 1.31. The highest BCUT2D eigenvalue weighted by Crippen LogP contribution is 2.32. The molecule has 2 rings (SSSR count). The maximum Gasteiger partial charge on any atom is 0.300 e. The van der Waals surface area contributed by atoms with Gasteiger partial charge in [0.25, 0.3) is 11.7 Å². The van der Waals surface area contributed by atoms with Crippen molar-refractivity contribution in [3.8, 4) is 6.07 Å². The number of ketones is 1. The summed E-state index contributed by atoms with van der Waals surface area (Å²) in [5.74, 6) is -2.25. The maximum atomic E-state index is 13.6. The van der Waals surface area contributed by atoms with Crippen molar-refractivity contribution < 1.29 is 14.0 Å². The lowest BCUT2D eigenvalue weighted by Crippen LogP contribution is -2.30. The Bertz CT molecular complexity index is 546. The number of Topliss-reactive ketones (excluding diaryl/α,β-unsaturated/α-hetero) is 1. The summed E-state index contributed by atoms with van der Waals surface area (Å²) in [5, 5.41) is 8.52. The molecule has 1 aliphatic heterocycles. The van der Waals surface area contributed by atoms with Crippen molar-refractivity contribution in [1.82, 2.24) is 0 Å². The molecule has 16 heavy (non-hydrogen) atoms. The summed E-state index contributed by atoms with van der Waals surface area (Å²) in [4.78, 5) is 23.9. The molecule has 1 aromatic carbocycles. The topological polar surface area (TPSA) is 61.2 Å². The Balaban J connectivity index is 2.66. The summed E-state index contributed by atoms with van der Waals surface area (Å²) >= 11 is 0. The Morgan fingerprint density at radius 2 is 2.12 bits per heavy atom. The average molecular weight is 218 g/mol. The van der Waals surface area contributed by atoms with Crippen LogP contribution in [0.5, 0.6) is 0 Å². The molecule has 5 heteroatoms. The van der Waals surface area contributed by atoms with E-state index in [-0.39, 0.29) is 17.8 Å². The zero-order chi connectivity index (χ0) is 11.9. The zero-order valence-electron chi connectivity index (χ0n) is 8.45. The molecule has 0 aromatic heterocycles. The predicted octanol–water partition coefficient (Wildman–Crippen LogP) is 1.19. The van der Waals surface area contributed by atoms with Crippen LogP contribution in [0.3, 0.4) is 0 Å². The molecule has 0 radical (unpaired) electrons. The quantitative estimate of drug-likeness (QED) is 0.525. The van der Waals surface area contributed by atoms with E-state index in [9.17, 15) is 14.0 Å². The fourth-order valence-corrected chi connectivity index (χ4v) is 1.74. The van der Waals surface area contributed by atoms with Crippen molar-refractivity contribution in [2.45, 2.75) is 6.92 Å². The molecule has 0 aliphatic carbocycles. The number of benzene rings is 1. The second kappa shape index (κ2) is 3.42. The number of aryl methyl sites for hydroxylation is 1. The van der Waals surface area contributed by atoms with Crippen LogP contribution in [-0.2, 0) is 4.79 Å². The summed E-state index contributed by atoms with van der Waals surface area (Å²) in [6, 6.07) is 4.42. The normalized spacial score (nSPS) is 13.9. The lowest BCUT2D eigenvalue weighted by Gasteiger charge is -2.12. The molecule has 1 aromatic rings. The van der Waals surface area contributed by atoms with Crippen LogP contribution in [-0.4, -0.2) is 18.2 Å². The molecular formula is C11H7FN2O2. The zero-order valence-corrected chi connectivity index (χ0v) is 8.45. The molecule has 4 nitrogen and oxygen atoms in total. The van der Waals surface area contributed by atoms with E-state index < -0.39 is 17.5 Å². The van der Waals surface area contributed by atoms with Crippen LogP contribution < -0.4 is 4.90 Å². The smallest absolute Gasteiger partial charge is 0.288 e. The minimum Gasteiger partial charge on any atom is -0.288 e. The van der Waals surface area contributed by atoms with Gasteiger partial charge in [0, 0.05) is 0 Å². The van der Waals surface area contributed by atoms with E-state index in [0.717, 1.165) is 4.90 Å². The molecule has 0 N–H and O–H groups in total. The number of amides is 1. The van der Waals surface area contributed by atoms with Gasteiger partial charge in [-0.25, -0.2) is 4.39 Å². The number of hydrogen-bond donors (Lipinski definition) is 0. The highest BCUT2D eigenvalue weighted by atomic mass is 19.1. The molecule has 1 heterocycles. The minimum atomic E-state index is -0.846. The summed E-state index contributed by atoms with van der Waals surface area (Å²) in [7, 11) is 0. The van der Waals surface area contributed by atoms with Gasteiger partial charge in [-0.05, 0) is 24.6 Å². The van der Waals surface area contributed by atoms with Gasteiger partial charge in [-0.15, -0.1) is 0 Å². The molecule has 1 aliphatic rings. The number of rotatable bonds is 1. The van der Waals surface area contributed by atoms with Crippen LogP contribution in [0, 0.1) is 24.1 Å². The van der Waals surface area contributed by atoms with Gasteiger partial charge in [0.1, 0.15) is 12.4 Å². The second-order valence-electron chi connectivity index (χ2n) is 3.52. The third-order valence-electron chi connectivity index (χ3n) is 2.39. The van der Waals surface area contributed by atoms with Crippen molar-refractivity contribution in [2.75, 3.05) is 11.4 Å². The van der Waals surface area contributed by atoms with E-state index in [1.54, 1.807) is 13.0 Å². The third kappa shape index (κ3) is 1.27. The van der Waals surface area contributed by atoms with Crippen molar-refractivity contribution >= 4 is 17.4 Å². The second-order valence-corrected chi connectivity index (χ2v) is 3.52. The molecule has 80 valence electrons. The lowest BCUT2D eigenvalue weighted by molar-refractivity contribution is -0.114. The molecule has 0 bridgehead atoms. The third-order valence-corrected chi connectivity index (χ3v) is 2.39. The van der Waals surface area contributed by atoms with Gasteiger partial charge in [0.2, 0.25) is 0 Å². The number of fused-ring (bicyclic) bond motifs is 1. The fourth-order valence-electron chi connectivity index (χ4n) is 1.74. The van der Waals surface area contributed by atoms with Gasteiger partial charge >= 0.3 is 0 Å². The number of halogens is 1. The molecule has 0 saturated heterocycles. The van der Waals surface area contributed by atoms with E-state index in [1.165, 1.54) is 12.1 Å². The van der Waals surface area contributed by atoms with Gasteiger partial charge in [0.15, 0.2) is 0 Å². The van der Waals surface area contributed by atoms with E-state index in [1.807, 2.05) is 0 Å². The molecule has 0 spiro atoms. The summed E-state index contributed by atoms with van der Waals surface area (Å²) in [5.41, 5.74) is 0.524. The Labute approximate surface area is 90.9 Å². The Kier molecular flexibility index (Phi) is 2.20. The highest BCUT2D eigenvalue weighted by molar-refractivity contribution is 6.52. The van der Waals surface area contributed by atoms with Crippen molar-refractivity contribution in [3.63, 3.8) is 0 Å². The average Bonchev–Trinajstić information content (AvgIpc) is 2.44. The predicted molar refractivity (Wildman–Crippen MR) is 53.4 cm³/mol. The number of carbonyl (C=O) groups is 2.